The minimum atomic E-state index is -2.27. The standard InChI is InChI=1S/C11H16N2O.C4H6O6/c1-13(2)9-8-12-11(14)10-6-4-3-5-7-10;5-1(3(7)8)2(6)4(9)10/h3-7H,8-9H2,1-2H3,(H,12,14);1-2,5-6H,(H,7,8)(H,9,10). The fraction of sp³-hybridized carbons (Fsp3) is 0.400. The molecule has 9 nitrogen and oxygen atoms in total. The average Bonchev–Trinajstić information content (AvgIpc) is 2.54. The van der Waals surface area contributed by atoms with Crippen LogP contribution < -0.4 is 5.32 Å². The lowest BCUT2D eigenvalue weighted by atomic mass is 10.2. The van der Waals surface area contributed by atoms with E-state index < -0.39 is 24.1 Å². The highest BCUT2D eigenvalue weighted by Gasteiger charge is 2.29. The molecule has 5 N–H and O–H groups in total. The van der Waals surface area contributed by atoms with Crippen LogP contribution in [0.4, 0.5) is 0 Å². The monoisotopic (exact) mass is 342 g/mol. The summed E-state index contributed by atoms with van der Waals surface area (Å²) in [6.07, 6.45) is -4.53. The number of carbonyl (C=O) groups is 3. The van der Waals surface area contributed by atoms with Gasteiger partial charge in [-0.2, -0.15) is 0 Å². The molecule has 134 valence electrons. The smallest absolute Gasteiger partial charge is 0.335 e. The van der Waals surface area contributed by atoms with Crippen molar-refractivity contribution < 1.29 is 34.8 Å². The van der Waals surface area contributed by atoms with E-state index in [4.69, 9.17) is 20.4 Å². The summed E-state index contributed by atoms with van der Waals surface area (Å²) < 4.78 is 0. The number of likely N-dealkylation sites (N-methyl/N-ethyl adjacent to an activating group) is 1. The molecular weight excluding hydrogens is 320 g/mol. The summed E-state index contributed by atoms with van der Waals surface area (Å²) in [5.41, 5.74) is 0.714. The lowest BCUT2D eigenvalue weighted by molar-refractivity contribution is -0.165. The summed E-state index contributed by atoms with van der Waals surface area (Å²) >= 11 is 0. The van der Waals surface area contributed by atoms with Gasteiger partial charge in [0.05, 0.1) is 0 Å². The molecule has 1 aromatic rings. The summed E-state index contributed by atoms with van der Waals surface area (Å²) in [6, 6.07) is 9.24. The van der Waals surface area contributed by atoms with Gasteiger partial charge < -0.3 is 30.6 Å². The largest absolute Gasteiger partial charge is 0.479 e. The van der Waals surface area contributed by atoms with Crippen LogP contribution >= 0.6 is 0 Å². The van der Waals surface area contributed by atoms with E-state index in [0.717, 1.165) is 6.54 Å². The van der Waals surface area contributed by atoms with Gasteiger partial charge in [-0.15, -0.1) is 0 Å². The van der Waals surface area contributed by atoms with E-state index in [1.54, 1.807) is 0 Å². The number of carboxylic acids is 2. The van der Waals surface area contributed by atoms with Gasteiger partial charge in [-0.3, -0.25) is 4.79 Å². The van der Waals surface area contributed by atoms with Crippen LogP contribution in [0, 0.1) is 0 Å². The van der Waals surface area contributed by atoms with Gasteiger partial charge in [-0.1, -0.05) is 18.2 Å². The fourth-order valence-corrected chi connectivity index (χ4v) is 1.35. The van der Waals surface area contributed by atoms with Crippen LogP contribution in [0.5, 0.6) is 0 Å². The number of nitrogens with one attached hydrogen (secondary N) is 1. The number of benzene rings is 1. The van der Waals surface area contributed by atoms with Crippen LogP contribution in [0.25, 0.3) is 0 Å². The van der Waals surface area contributed by atoms with Gasteiger partial charge in [0, 0.05) is 18.7 Å². The Morgan fingerprint density at radius 1 is 1.00 bits per heavy atom. The quantitative estimate of drug-likeness (QED) is 0.417. The van der Waals surface area contributed by atoms with Gasteiger partial charge in [0.25, 0.3) is 5.91 Å². The Kier molecular flexibility index (Phi) is 9.96. The molecule has 2 atom stereocenters. The highest BCUT2D eigenvalue weighted by Crippen LogP contribution is 1.97. The molecule has 0 aliphatic heterocycles. The Labute approximate surface area is 139 Å². The van der Waals surface area contributed by atoms with Gasteiger partial charge in [-0.25, -0.2) is 9.59 Å². The van der Waals surface area contributed by atoms with Gasteiger partial charge in [0.15, 0.2) is 12.2 Å². The zero-order valence-electron chi connectivity index (χ0n) is 13.4. The van der Waals surface area contributed by atoms with Crippen molar-refractivity contribution in [3.8, 4) is 0 Å². The zero-order valence-corrected chi connectivity index (χ0v) is 13.4. The summed E-state index contributed by atoms with van der Waals surface area (Å²) in [6.45, 7) is 1.54. The maximum atomic E-state index is 11.5. The van der Waals surface area contributed by atoms with Crippen LogP contribution in [0.1, 0.15) is 10.4 Å². The number of rotatable bonds is 7. The van der Waals surface area contributed by atoms with Crippen molar-refractivity contribution in [3.63, 3.8) is 0 Å². The number of nitrogens with zero attached hydrogens (tertiary/aromatic N) is 1. The molecule has 0 radical (unpaired) electrons. The number of aliphatic hydroxyl groups is 2. The summed E-state index contributed by atoms with van der Waals surface area (Å²) in [5.74, 6) is -3.54. The van der Waals surface area contributed by atoms with E-state index in [1.165, 1.54) is 0 Å². The van der Waals surface area contributed by atoms with Crippen LogP contribution in [-0.4, -0.2) is 82.6 Å². The van der Waals surface area contributed by atoms with Crippen LogP contribution in [0.2, 0.25) is 0 Å². The molecule has 0 bridgehead atoms. The molecule has 0 fully saturated rings. The average molecular weight is 342 g/mol. The van der Waals surface area contributed by atoms with Crippen molar-refractivity contribution in [1.29, 1.82) is 0 Å². The van der Waals surface area contributed by atoms with Crippen molar-refractivity contribution in [2.45, 2.75) is 12.2 Å². The van der Waals surface area contributed by atoms with E-state index in [2.05, 4.69) is 5.32 Å². The molecule has 2 unspecified atom stereocenters. The lowest BCUT2D eigenvalue weighted by Gasteiger charge is -2.10. The predicted octanol–water partition coefficient (Wildman–Crippen LogP) is -1.14. The second kappa shape index (κ2) is 11.1. The molecule has 0 aromatic heterocycles. The first-order valence-corrected chi connectivity index (χ1v) is 6.96. The van der Waals surface area contributed by atoms with Crippen molar-refractivity contribution in [2.75, 3.05) is 27.2 Å². The minimum absolute atomic E-state index is 0.00699. The Morgan fingerprint density at radius 2 is 1.46 bits per heavy atom. The van der Waals surface area contributed by atoms with E-state index in [0.29, 0.717) is 12.1 Å². The van der Waals surface area contributed by atoms with E-state index in [-0.39, 0.29) is 5.91 Å². The Balaban J connectivity index is 0.000000470. The number of hydrogen-bond donors (Lipinski definition) is 5. The number of carboxylic acid groups (broad SMARTS) is 2. The molecular formula is C15H22N2O7. The van der Waals surface area contributed by atoms with E-state index in [9.17, 15) is 14.4 Å². The third kappa shape index (κ3) is 8.83. The number of hydrogen-bond acceptors (Lipinski definition) is 6. The topological polar surface area (TPSA) is 147 Å². The molecule has 1 aromatic carbocycles. The summed E-state index contributed by atoms with van der Waals surface area (Å²) in [4.78, 5) is 33.1. The molecule has 0 heterocycles. The number of aliphatic carboxylic acids is 2. The first-order valence-electron chi connectivity index (χ1n) is 6.96. The molecule has 1 rings (SSSR count). The Hall–Kier alpha value is -2.49. The third-order valence-corrected chi connectivity index (χ3v) is 2.69. The van der Waals surface area contributed by atoms with Gasteiger partial charge in [-0.05, 0) is 26.2 Å². The van der Waals surface area contributed by atoms with Gasteiger partial charge in [0.2, 0.25) is 0 Å². The SMILES string of the molecule is CN(C)CCNC(=O)c1ccccc1.O=C(O)C(O)C(O)C(=O)O. The van der Waals surface area contributed by atoms with Crippen LogP contribution in [0.15, 0.2) is 30.3 Å². The number of amides is 1. The normalized spacial score (nSPS) is 12.5. The van der Waals surface area contributed by atoms with Crippen molar-refractivity contribution >= 4 is 17.8 Å². The summed E-state index contributed by atoms with van der Waals surface area (Å²) in [5, 5.41) is 35.4. The number of aliphatic hydroxyl groups excluding tert-OH is 2. The highest BCUT2D eigenvalue weighted by molar-refractivity contribution is 5.94. The third-order valence-electron chi connectivity index (χ3n) is 2.69. The Bertz CT molecular complexity index is 516. The molecule has 0 saturated carbocycles. The summed E-state index contributed by atoms with van der Waals surface area (Å²) in [7, 11) is 3.96. The van der Waals surface area contributed by atoms with Crippen LogP contribution in [-0.2, 0) is 9.59 Å². The zero-order chi connectivity index (χ0) is 18.7. The second-order valence-corrected chi connectivity index (χ2v) is 4.99. The predicted molar refractivity (Wildman–Crippen MR) is 84.6 cm³/mol. The first-order chi connectivity index (χ1) is 11.2. The molecule has 0 aliphatic rings. The fourth-order valence-electron chi connectivity index (χ4n) is 1.35. The minimum Gasteiger partial charge on any atom is -0.479 e. The molecule has 24 heavy (non-hydrogen) atoms. The molecule has 0 saturated heterocycles. The maximum absolute atomic E-state index is 11.5. The second-order valence-electron chi connectivity index (χ2n) is 4.99. The van der Waals surface area contributed by atoms with Gasteiger partial charge >= 0.3 is 11.9 Å². The van der Waals surface area contributed by atoms with Crippen molar-refractivity contribution in [1.82, 2.24) is 10.2 Å². The van der Waals surface area contributed by atoms with Crippen LogP contribution in [0.3, 0.4) is 0 Å². The maximum Gasteiger partial charge on any atom is 0.335 e. The first kappa shape index (κ1) is 21.5. The highest BCUT2D eigenvalue weighted by atomic mass is 16.4. The van der Waals surface area contributed by atoms with Crippen molar-refractivity contribution in [2.24, 2.45) is 0 Å². The lowest BCUT2D eigenvalue weighted by Crippen LogP contribution is -2.39. The Morgan fingerprint density at radius 3 is 1.83 bits per heavy atom. The number of carbonyl (C=O) groups excluding carboxylic acids is 1. The van der Waals surface area contributed by atoms with Crippen molar-refractivity contribution in [3.05, 3.63) is 35.9 Å². The molecule has 9 heteroatoms. The van der Waals surface area contributed by atoms with E-state index in [1.807, 2.05) is 49.3 Å². The molecule has 0 spiro atoms. The van der Waals surface area contributed by atoms with E-state index >= 15 is 0 Å². The molecule has 1 amide bonds. The van der Waals surface area contributed by atoms with Gasteiger partial charge in [0.1, 0.15) is 0 Å². The molecule has 0 aliphatic carbocycles.